The van der Waals surface area contributed by atoms with Gasteiger partial charge in [-0.05, 0) is 13.8 Å². The molecule has 0 fully saturated rings. The summed E-state index contributed by atoms with van der Waals surface area (Å²) in [5, 5.41) is 12.1. The molecule has 0 saturated heterocycles. The number of carbonyl (C=O) groups excluding carboxylic acids is 1. The molecule has 0 amide bonds. The highest BCUT2D eigenvalue weighted by molar-refractivity contribution is 6.09. The highest BCUT2D eigenvalue weighted by Crippen LogP contribution is 2.00. The third kappa shape index (κ3) is 3.05. The largest absolute Gasteiger partial charge is 0.512 e. The molecular formula is C7H12N2O3. The van der Waals surface area contributed by atoms with Gasteiger partial charge < -0.3 is 15.7 Å². The molecule has 0 bridgehead atoms. The third-order valence-corrected chi connectivity index (χ3v) is 1.09. The average molecular weight is 172 g/mol. The van der Waals surface area contributed by atoms with Crippen molar-refractivity contribution < 1.29 is 14.6 Å². The van der Waals surface area contributed by atoms with E-state index in [2.05, 4.69) is 9.84 Å². The Morgan fingerprint density at radius 3 is 2.67 bits per heavy atom. The van der Waals surface area contributed by atoms with Gasteiger partial charge in [0.2, 0.25) is 0 Å². The van der Waals surface area contributed by atoms with Crippen LogP contribution in [0.3, 0.4) is 0 Å². The summed E-state index contributed by atoms with van der Waals surface area (Å²) < 4.78 is 4.61. The number of rotatable bonds is 3. The van der Waals surface area contributed by atoms with Crippen molar-refractivity contribution in [3.05, 3.63) is 11.3 Å². The minimum atomic E-state index is -0.633. The zero-order chi connectivity index (χ0) is 9.56. The summed E-state index contributed by atoms with van der Waals surface area (Å²) in [5.41, 5.74) is -0.0284. The van der Waals surface area contributed by atoms with Crippen LogP contribution in [0.1, 0.15) is 13.8 Å². The molecule has 5 nitrogen and oxygen atoms in total. The molecule has 3 N–H and O–H groups in total. The molecule has 0 heterocycles. The van der Waals surface area contributed by atoms with Crippen LogP contribution in [0.4, 0.5) is 0 Å². The molecule has 0 aliphatic carbocycles. The Morgan fingerprint density at radius 1 is 1.75 bits per heavy atom. The van der Waals surface area contributed by atoms with E-state index in [9.17, 15) is 4.79 Å². The maximum atomic E-state index is 11.0. The minimum Gasteiger partial charge on any atom is -0.512 e. The molecule has 0 aromatic heterocycles. The van der Waals surface area contributed by atoms with E-state index in [-0.39, 0.29) is 17.9 Å². The normalized spacial score (nSPS) is 12.8. The molecule has 12 heavy (non-hydrogen) atoms. The second-order valence-corrected chi connectivity index (χ2v) is 2.00. The number of hydrazone groups is 1. The Labute approximate surface area is 70.5 Å². The molecule has 0 aliphatic heterocycles. The highest BCUT2D eigenvalue weighted by Gasteiger charge is 2.11. The average Bonchev–Trinajstić information content (AvgIpc) is 1.99. The number of hydrogen-bond acceptors (Lipinski definition) is 5. The molecule has 0 unspecified atom stereocenters. The van der Waals surface area contributed by atoms with Crippen molar-refractivity contribution >= 4 is 12.2 Å². The fourth-order valence-corrected chi connectivity index (χ4v) is 0.577. The van der Waals surface area contributed by atoms with Gasteiger partial charge in [-0.15, -0.1) is 0 Å². The van der Waals surface area contributed by atoms with Crippen molar-refractivity contribution in [1.82, 2.24) is 0 Å². The van der Waals surface area contributed by atoms with Crippen molar-refractivity contribution in [2.24, 2.45) is 10.9 Å². The predicted octanol–water partition coefficient (Wildman–Crippen LogP) is 0.326. The van der Waals surface area contributed by atoms with Crippen LogP contribution in [0.25, 0.3) is 0 Å². The fraction of sp³-hybridized carbons (Fsp3) is 0.429. The van der Waals surface area contributed by atoms with Crippen molar-refractivity contribution in [3.8, 4) is 0 Å². The number of esters is 1. The van der Waals surface area contributed by atoms with E-state index < -0.39 is 5.97 Å². The Kier molecular flexibility index (Phi) is 4.52. The molecule has 5 heteroatoms. The van der Waals surface area contributed by atoms with E-state index in [0.29, 0.717) is 0 Å². The molecule has 0 atom stereocenters. The van der Waals surface area contributed by atoms with Crippen LogP contribution in [0, 0.1) is 0 Å². The van der Waals surface area contributed by atoms with Crippen LogP contribution in [0.15, 0.2) is 16.4 Å². The van der Waals surface area contributed by atoms with Gasteiger partial charge in [-0.25, -0.2) is 4.79 Å². The van der Waals surface area contributed by atoms with Crippen LogP contribution in [0.2, 0.25) is 0 Å². The number of aliphatic hydroxyl groups is 1. The minimum absolute atomic E-state index is 0.0284. The standard InChI is InChI=1S/C7H12N2O3/c1-3-12-7(11)6(4-9-8)5(2)10/h4,10H,3,8H2,1-2H3/b6-5-,9-4+. The van der Waals surface area contributed by atoms with Gasteiger partial charge in [-0.2, -0.15) is 5.10 Å². The van der Waals surface area contributed by atoms with Gasteiger partial charge in [-0.1, -0.05) is 0 Å². The van der Waals surface area contributed by atoms with Gasteiger partial charge in [0.05, 0.1) is 12.8 Å². The van der Waals surface area contributed by atoms with Crippen molar-refractivity contribution in [3.63, 3.8) is 0 Å². The topological polar surface area (TPSA) is 84.9 Å². The number of allylic oxidation sites excluding steroid dienone is 1. The molecule has 0 aromatic rings. The van der Waals surface area contributed by atoms with E-state index in [4.69, 9.17) is 10.9 Å². The van der Waals surface area contributed by atoms with Gasteiger partial charge in [0.15, 0.2) is 0 Å². The number of ether oxygens (including phenoxy) is 1. The summed E-state index contributed by atoms with van der Waals surface area (Å²) in [6.07, 6.45) is 1.05. The lowest BCUT2D eigenvalue weighted by Crippen LogP contribution is -2.11. The number of nitrogens with two attached hydrogens (primary N) is 1. The lowest BCUT2D eigenvalue weighted by Gasteiger charge is -2.01. The summed E-state index contributed by atoms with van der Waals surface area (Å²) >= 11 is 0. The SMILES string of the molecule is CCOC(=O)C(/C=N/N)=C(/C)O. The van der Waals surface area contributed by atoms with Gasteiger partial charge >= 0.3 is 5.97 Å². The fourth-order valence-electron chi connectivity index (χ4n) is 0.577. The quantitative estimate of drug-likeness (QED) is 0.160. The van der Waals surface area contributed by atoms with Gasteiger partial charge in [-0.3, -0.25) is 0 Å². The number of nitrogens with zero attached hydrogens (tertiary/aromatic N) is 1. The predicted molar refractivity (Wildman–Crippen MR) is 44.6 cm³/mol. The summed E-state index contributed by atoms with van der Waals surface area (Å²) in [5.74, 6) is 4.02. The maximum Gasteiger partial charge on any atom is 0.343 e. The number of aliphatic hydroxyl groups excluding tert-OH is 1. The Hall–Kier alpha value is -1.52. The molecule has 68 valence electrons. The second-order valence-electron chi connectivity index (χ2n) is 2.00. The lowest BCUT2D eigenvalue weighted by molar-refractivity contribution is -0.138. The Balaban J connectivity index is 4.54. The van der Waals surface area contributed by atoms with Crippen molar-refractivity contribution in [1.29, 1.82) is 0 Å². The van der Waals surface area contributed by atoms with Gasteiger partial charge in [0.1, 0.15) is 11.3 Å². The molecular weight excluding hydrogens is 160 g/mol. The summed E-state index contributed by atoms with van der Waals surface area (Å²) in [6.45, 7) is 3.27. The highest BCUT2D eigenvalue weighted by atomic mass is 16.5. The zero-order valence-electron chi connectivity index (χ0n) is 7.07. The van der Waals surface area contributed by atoms with Crippen molar-refractivity contribution in [2.45, 2.75) is 13.8 Å². The third-order valence-electron chi connectivity index (χ3n) is 1.09. The Bertz CT molecular complexity index is 217. The first kappa shape index (κ1) is 10.5. The Morgan fingerprint density at radius 2 is 2.33 bits per heavy atom. The van der Waals surface area contributed by atoms with E-state index in [1.54, 1.807) is 6.92 Å². The zero-order valence-corrected chi connectivity index (χ0v) is 7.07. The van der Waals surface area contributed by atoms with E-state index in [0.717, 1.165) is 6.21 Å². The summed E-state index contributed by atoms with van der Waals surface area (Å²) in [6, 6.07) is 0. The summed E-state index contributed by atoms with van der Waals surface area (Å²) in [7, 11) is 0. The van der Waals surface area contributed by atoms with Crippen LogP contribution in [0.5, 0.6) is 0 Å². The van der Waals surface area contributed by atoms with Gasteiger partial charge in [0.25, 0.3) is 0 Å². The smallest absolute Gasteiger partial charge is 0.343 e. The van der Waals surface area contributed by atoms with E-state index in [1.807, 2.05) is 0 Å². The molecule has 0 aliphatic rings. The first-order chi connectivity index (χ1) is 5.63. The van der Waals surface area contributed by atoms with Crippen LogP contribution >= 0.6 is 0 Å². The maximum absolute atomic E-state index is 11.0. The monoisotopic (exact) mass is 172 g/mol. The molecule has 0 aromatic carbocycles. The van der Waals surface area contributed by atoms with Crippen LogP contribution in [-0.2, 0) is 9.53 Å². The molecule has 0 rings (SSSR count). The van der Waals surface area contributed by atoms with Crippen molar-refractivity contribution in [2.75, 3.05) is 6.61 Å². The lowest BCUT2D eigenvalue weighted by atomic mass is 10.2. The second kappa shape index (κ2) is 5.17. The molecule has 0 saturated carbocycles. The first-order valence-corrected chi connectivity index (χ1v) is 3.43. The van der Waals surface area contributed by atoms with E-state index in [1.165, 1.54) is 6.92 Å². The van der Waals surface area contributed by atoms with Gasteiger partial charge in [0, 0.05) is 0 Å². The molecule has 0 radical (unpaired) electrons. The molecule has 0 spiro atoms. The van der Waals surface area contributed by atoms with Crippen LogP contribution in [-0.4, -0.2) is 23.9 Å². The van der Waals surface area contributed by atoms with E-state index >= 15 is 0 Å². The summed E-state index contributed by atoms with van der Waals surface area (Å²) in [4.78, 5) is 11.0. The van der Waals surface area contributed by atoms with Crippen LogP contribution < -0.4 is 5.84 Å². The first-order valence-electron chi connectivity index (χ1n) is 3.43. The number of hydrogen-bond donors (Lipinski definition) is 2. The number of carbonyl (C=O) groups is 1.